The SMILES string of the molecule is Cc1cccc(-c2noc(C(N)C3CC3)n2)c1. The highest BCUT2D eigenvalue weighted by molar-refractivity contribution is 5.55. The van der Waals surface area contributed by atoms with Gasteiger partial charge >= 0.3 is 0 Å². The number of benzene rings is 1. The molecular weight excluding hydrogens is 214 g/mol. The standard InChI is InChI=1S/C13H15N3O/c1-8-3-2-4-10(7-8)12-15-13(17-16-12)11(14)9-5-6-9/h2-4,7,9,11H,5-6,14H2,1H3. The van der Waals surface area contributed by atoms with Crippen LogP contribution in [0.2, 0.25) is 0 Å². The second kappa shape index (κ2) is 3.96. The number of aryl methyl sites for hydroxylation is 1. The lowest BCUT2D eigenvalue weighted by Crippen LogP contribution is -2.12. The molecule has 3 rings (SSSR count). The van der Waals surface area contributed by atoms with Crippen LogP contribution >= 0.6 is 0 Å². The smallest absolute Gasteiger partial charge is 0.244 e. The highest BCUT2D eigenvalue weighted by Gasteiger charge is 2.33. The topological polar surface area (TPSA) is 64.9 Å². The van der Waals surface area contributed by atoms with E-state index in [0.29, 0.717) is 17.6 Å². The van der Waals surface area contributed by atoms with Gasteiger partial charge in [-0.15, -0.1) is 0 Å². The van der Waals surface area contributed by atoms with Gasteiger partial charge < -0.3 is 10.3 Å². The molecule has 1 aliphatic rings. The van der Waals surface area contributed by atoms with Gasteiger partial charge in [0.15, 0.2) is 0 Å². The van der Waals surface area contributed by atoms with Crippen LogP contribution in [0, 0.1) is 12.8 Å². The zero-order valence-corrected chi connectivity index (χ0v) is 9.76. The van der Waals surface area contributed by atoms with Gasteiger partial charge in [-0.3, -0.25) is 0 Å². The molecule has 0 bridgehead atoms. The average Bonchev–Trinajstić information content (AvgIpc) is 3.05. The molecule has 1 heterocycles. The monoisotopic (exact) mass is 229 g/mol. The van der Waals surface area contributed by atoms with Crippen molar-refractivity contribution in [1.82, 2.24) is 10.1 Å². The summed E-state index contributed by atoms with van der Waals surface area (Å²) in [6.45, 7) is 2.04. The lowest BCUT2D eigenvalue weighted by Gasteiger charge is -2.01. The summed E-state index contributed by atoms with van der Waals surface area (Å²) in [5.74, 6) is 1.71. The molecule has 1 aromatic heterocycles. The van der Waals surface area contributed by atoms with Crippen LogP contribution in [0.25, 0.3) is 11.4 Å². The van der Waals surface area contributed by atoms with Crippen molar-refractivity contribution in [3.63, 3.8) is 0 Å². The summed E-state index contributed by atoms with van der Waals surface area (Å²) in [6.07, 6.45) is 2.34. The van der Waals surface area contributed by atoms with Crippen LogP contribution in [0.5, 0.6) is 0 Å². The third kappa shape index (κ3) is 2.08. The van der Waals surface area contributed by atoms with E-state index in [1.807, 2.05) is 31.2 Å². The van der Waals surface area contributed by atoms with Gasteiger partial charge in [0.05, 0.1) is 6.04 Å². The Labute approximate surface area is 99.8 Å². The van der Waals surface area contributed by atoms with Crippen molar-refractivity contribution in [3.8, 4) is 11.4 Å². The van der Waals surface area contributed by atoms with E-state index in [9.17, 15) is 0 Å². The number of rotatable bonds is 3. The lowest BCUT2D eigenvalue weighted by molar-refractivity contribution is 0.343. The van der Waals surface area contributed by atoms with Crippen molar-refractivity contribution < 1.29 is 4.52 Å². The summed E-state index contributed by atoms with van der Waals surface area (Å²) in [5, 5.41) is 3.99. The van der Waals surface area contributed by atoms with E-state index in [-0.39, 0.29) is 6.04 Å². The molecule has 1 atom stereocenters. The number of aromatic nitrogens is 2. The maximum absolute atomic E-state index is 6.03. The van der Waals surface area contributed by atoms with Crippen LogP contribution < -0.4 is 5.73 Å². The first-order valence-electron chi connectivity index (χ1n) is 5.90. The van der Waals surface area contributed by atoms with E-state index >= 15 is 0 Å². The Kier molecular flexibility index (Phi) is 2.44. The van der Waals surface area contributed by atoms with Crippen molar-refractivity contribution in [3.05, 3.63) is 35.7 Å². The van der Waals surface area contributed by atoms with Gasteiger partial charge in [0, 0.05) is 5.56 Å². The predicted octanol–water partition coefficient (Wildman–Crippen LogP) is 2.45. The maximum atomic E-state index is 6.03. The van der Waals surface area contributed by atoms with Crippen LogP contribution in [0.1, 0.15) is 30.3 Å². The second-order valence-corrected chi connectivity index (χ2v) is 4.69. The van der Waals surface area contributed by atoms with E-state index in [2.05, 4.69) is 10.1 Å². The minimum atomic E-state index is -0.0962. The summed E-state index contributed by atoms with van der Waals surface area (Å²) < 4.78 is 5.24. The normalized spacial score (nSPS) is 17.1. The third-order valence-electron chi connectivity index (χ3n) is 3.13. The highest BCUT2D eigenvalue weighted by Crippen LogP contribution is 2.39. The first-order valence-corrected chi connectivity index (χ1v) is 5.90. The third-order valence-corrected chi connectivity index (χ3v) is 3.13. The zero-order chi connectivity index (χ0) is 11.8. The van der Waals surface area contributed by atoms with Gasteiger partial charge in [0.2, 0.25) is 11.7 Å². The fourth-order valence-electron chi connectivity index (χ4n) is 1.93. The van der Waals surface area contributed by atoms with Crippen molar-refractivity contribution in [1.29, 1.82) is 0 Å². The molecule has 1 unspecified atom stereocenters. The minimum absolute atomic E-state index is 0.0962. The molecule has 1 aliphatic carbocycles. The van der Waals surface area contributed by atoms with Gasteiger partial charge in [0.25, 0.3) is 0 Å². The van der Waals surface area contributed by atoms with Gasteiger partial charge in [0.1, 0.15) is 0 Å². The molecule has 17 heavy (non-hydrogen) atoms. The Morgan fingerprint density at radius 2 is 2.24 bits per heavy atom. The van der Waals surface area contributed by atoms with Crippen LogP contribution in [0.4, 0.5) is 0 Å². The molecule has 0 radical (unpaired) electrons. The number of hydrogen-bond donors (Lipinski definition) is 1. The van der Waals surface area contributed by atoms with Crippen molar-refractivity contribution in [2.24, 2.45) is 11.7 Å². The Morgan fingerprint density at radius 1 is 1.41 bits per heavy atom. The molecule has 1 aromatic carbocycles. The minimum Gasteiger partial charge on any atom is -0.337 e. The second-order valence-electron chi connectivity index (χ2n) is 4.69. The fraction of sp³-hybridized carbons (Fsp3) is 0.385. The fourth-order valence-corrected chi connectivity index (χ4v) is 1.93. The van der Waals surface area contributed by atoms with Gasteiger partial charge in [-0.2, -0.15) is 4.98 Å². The molecule has 1 fully saturated rings. The van der Waals surface area contributed by atoms with Crippen LogP contribution in [0.3, 0.4) is 0 Å². The Bertz CT molecular complexity index is 531. The van der Waals surface area contributed by atoms with E-state index in [1.54, 1.807) is 0 Å². The summed E-state index contributed by atoms with van der Waals surface area (Å²) in [6, 6.07) is 7.95. The lowest BCUT2D eigenvalue weighted by atomic mass is 10.1. The number of hydrogen-bond acceptors (Lipinski definition) is 4. The molecular formula is C13H15N3O. The molecule has 2 N–H and O–H groups in total. The Morgan fingerprint density at radius 3 is 2.94 bits per heavy atom. The van der Waals surface area contributed by atoms with Crippen molar-refractivity contribution in [2.45, 2.75) is 25.8 Å². The molecule has 0 aliphatic heterocycles. The van der Waals surface area contributed by atoms with Crippen LogP contribution in [-0.2, 0) is 0 Å². The molecule has 0 saturated heterocycles. The molecule has 0 amide bonds. The van der Waals surface area contributed by atoms with Crippen molar-refractivity contribution in [2.75, 3.05) is 0 Å². The highest BCUT2D eigenvalue weighted by atomic mass is 16.5. The maximum Gasteiger partial charge on any atom is 0.244 e. The van der Waals surface area contributed by atoms with Gasteiger partial charge in [-0.1, -0.05) is 28.9 Å². The predicted molar refractivity (Wildman–Crippen MR) is 64.1 cm³/mol. The van der Waals surface area contributed by atoms with E-state index < -0.39 is 0 Å². The summed E-state index contributed by atoms with van der Waals surface area (Å²) in [4.78, 5) is 4.38. The quantitative estimate of drug-likeness (QED) is 0.878. The first-order chi connectivity index (χ1) is 8.24. The Hall–Kier alpha value is -1.68. The van der Waals surface area contributed by atoms with Crippen molar-refractivity contribution >= 4 is 0 Å². The summed E-state index contributed by atoms with van der Waals surface area (Å²) in [7, 11) is 0. The average molecular weight is 229 g/mol. The largest absolute Gasteiger partial charge is 0.337 e. The number of nitrogens with two attached hydrogens (primary N) is 1. The molecule has 4 nitrogen and oxygen atoms in total. The molecule has 4 heteroatoms. The van der Waals surface area contributed by atoms with Gasteiger partial charge in [-0.05, 0) is 31.7 Å². The van der Waals surface area contributed by atoms with E-state index in [4.69, 9.17) is 10.3 Å². The van der Waals surface area contributed by atoms with Gasteiger partial charge in [-0.25, -0.2) is 0 Å². The number of nitrogens with zero attached hydrogens (tertiary/aromatic N) is 2. The van der Waals surface area contributed by atoms with Crippen LogP contribution in [-0.4, -0.2) is 10.1 Å². The van der Waals surface area contributed by atoms with Crippen LogP contribution in [0.15, 0.2) is 28.8 Å². The first kappa shape index (κ1) is 10.5. The molecule has 1 saturated carbocycles. The molecule has 0 spiro atoms. The van der Waals surface area contributed by atoms with E-state index in [0.717, 1.165) is 5.56 Å². The Balaban J connectivity index is 1.89. The summed E-state index contributed by atoms with van der Waals surface area (Å²) >= 11 is 0. The zero-order valence-electron chi connectivity index (χ0n) is 9.76. The molecule has 88 valence electrons. The van der Waals surface area contributed by atoms with E-state index in [1.165, 1.54) is 18.4 Å². The molecule has 2 aromatic rings. The summed E-state index contributed by atoms with van der Waals surface area (Å²) in [5.41, 5.74) is 8.18.